The highest BCUT2D eigenvalue weighted by molar-refractivity contribution is 4.61. The van der Waals surface area contributed by atoms with Gasteiger partial charge in [-0.2, -0.15) is 13.2 Å². The summed E-state index contributed by atoms with van der Waals surface area (Å²) in [7, 11) is 2.88. The van der Waals surface area contributed by atoms with Gasteiger partial charge >= 0.3 is 6.18 Å². The molecule has 0 unspecified atom stereocenters. The van der Waals surface area contributed by atoms with Crippen molar-refractivity contribution in [3.05, 3.63) is 0 Å². The number of alkyl halides is 3. The third kappa shape index (κ3) is 8.65. The molecule has 6 heteroatoms. The topological polar surface area (TPSA) is 38.7 Å². The van der Waals surface area contributed by atoms with E-state index in [1.807, 2.05) is 0 Å². The van der Waals surface area contributed by atoms with E-state index in [0.29, 0.717) is 6.42 Å². The van der Waals surface area contributed by atoms with Gasteiger partial charge in [0, 0.05) is 27.1 Å². The number of rotatable bonds is 7. The molecule has 0 fully saturated rings. The largest absolute Gasteiger partial charge is 0.393 e. The van der Waals surface area contributed by atoms with Gasteiger partial charge in [-0.25, -0.2) is 0 Å². The smallest absolute Gasteiger partial charge is 0.389 e. The zero-order valence-corrected chi connectivity index (χ0v) is 8.88. The van der Waals surface area contributed by atoms with Gasteiger partial charge in [0.25, 0.3) is 0 Å². The molecule has 0 aromatic carbocycles. The van der Waals surface area contributed by atoms with Gasteiger partial charge in [0.05, 0.1) is 6.10 Å². The number of methoxy groups -OCH3 is 2. The molecule has 0 aromatic rings. The molecule has 0 aromatic heterocycles. The summed E-state index contributed by atoms with van der Waals surface area (Å²) in [6.07, 6.45) is -6.25. The highest BCUT2D eigenvalue weighted by atomic mass is 19.4. The molecule has 0 amide bonds. The van der Waals surface area contributed by atoms with E-state index in [4.69, 9.17) is 9.47 Å². The first-order valence-electron chi connectivity index (χ1n) is 4.69. The molecule has 15 heavy (non-hydrogen) atoms. The Morgan fingerprint density at radius 1 is 1.07 bits per heavy atom. The SMILES string of the molecule is COC(CC[C@@H](O)CCC(F)(F)F)OC. The molecule has 0 heterocycles. The minimum Gasteiger partial charge on any atom is -0.393 e. The van der Waals surface area contributed by atoms with Crippen LogP contribution in [-0.2, 0) is 9.47 Å². The van der Waals surface area contributed by atoms with Crippen LogP contribution in [-0.4, -0.2) is 37.9 Å². The molecule has 92 valence electrons. The normalized spacial score (nSPS) is 14.6. The molecular formula is C9H17F3O3. The predicted molar refractivity (Wildman–Crippen MR) is 48.3 cm³/mol. The number of hydrogen-bond acceptors (Lipinski definition) is 3. The van der Waals surface area contributed by atoms with Gasteiger partial charge in [-0.3, -0.25) is 0 Å². The maximum atomic E-state index is 11.8. The van der Waals surface area contributed by atoms with Gasteiger partial charge in [-0.1, -0.05) is 0 Å². The Kier molecular flexibility index (Phi) is 6.87. The Hall–Kier alpha value is -0.330. The van der Waals surface area contributed by atoms with Gasteiger partial charge < -0.3 is 14.6 Å². The van der Waals surface area contributed by atoms with Crippen molar-refractivity contribution in [3.63, 3.8) is 0 Å². The van der Waals surface area contributed by atoms with Gasteiger partial charge in [-0.05, 0) is 12.8 Å². The van der Waals surface area contributed by atoms with Crippen LogP contribution in [0.15, 0.2) is 0 Å². The predicted octanol–water partition coefficient (Wildman–Crippen LogP) is 2.09. The molecule has 0 saturated heterocycles. The van der Waals surface area contributed by atoms with E-state index in [-0.39, 0.29) is 12.8 Å². The fourth-order valence-corrected chi connectivity index (χ4v) is 1.14. The molecule has 0 radical (unpaired) electrons. The van der Waals surface area contributed by atoms with Crippen LogP contribution in [0.25, 0.3) is 0 Å². The van der Waals surface area contributed by atoms with E-state index in [1.54, 1.807) is 0 Å². The lowest BCUT2D eigenvalue weighted by Crippen LogP contribution is -2.19. The lowest BCUT2D eigenvalue weighted by atomic mass is 10.1. The summed E-state index contributed by atoms with van der Waals surface area (Å²) >= 11 is 0. The molecule has 3 nitrogen and oxygen atoms in total. The quantitative estimate of drug-likeness (QED) is 0.680. The van der Waals surface area contributed by atoms with E-state index in [9.17, 15) is 18.3 Å². The van der Waals surface area contributed by atoms with Crippen LogP contribution in [0.2, 0.25) is 0 Å². The summed E-state index contributed by atoms with van der Waals surface area (Å²) in [5, 5.41) is 9.24. The number of aliphatic hydroxyl groups is 1. The molecule has 0 rings (SSSR count). The van der Waals surface area contributed by atoms with Crippen molar-refractivity contribution >= 4 is 0 Å². The standard InChI is InChI=1S/C9H17F3O3/c1-14-8(15-2)4-3-7(13)5-6-9(10,11)12/h7-8,13H,3-6H2,1-2H3/t7-/m1/s1. The van der Waals surface area contributed by atoms with Crippen LogP contribution in [0, 0.1) is 0 Å². The molecule has 1 N–H and O–H groups in total. The van der Waals surface area contributed by atoms with Gasteiger partial charge in [-0.15, -0.1) is 0 Å². The van der Waals surface area contributed by atoms with Crippen LogP contribution in [0.3, 0.4) is 0 Å². The van der Waals surface area contributed by atoms with Crippen molar-refractivity contribution in [1.29, 1.82) is 0 Å². The van der Waals surface area contributed by atoms with Gasteiger partial charge in [0.1, 0.15) is 0 Å². The van der Waals surface area contributed by atoms with Crippen molar-refractivity contribution in [2.24, 2.45) is 0 Å². The van der Waals surface area contributed by atoms with E-state index >= 15 is 0 Å². The minimum atomic E-state index is -4.21. The average Bonchev–Trinajstić information content (AvgIpc) is 2.15. The zero-order chi connectivity index (χ0) is 11.9. The summed E-state index contributed by atoms with van der Waals surface area (Å²) in [4.78, 5) is 0. The second-order valence-corrected chi connectivity index (χ2v) is 3.29. The van der Waals surface area contributed by atoms with Crippen LogP contribution in [0.5, 0.6) is 0 Å². The minimum absolute atomic E-state index is 0.239. The average molecular weight is 230 g/mol. The Balaban J connectivity index is 3.61. The van der Waals surface area contributed by atoms with Crippen LogP contribution in [0.1, 0.15) is 25.7 Å². The lowest BCUT2D eigenvalue weighted by Gasteiger charge is -2.16. The summed E-state index contributed by atoms with van der Waals surface area (Å²) in [5.41, 5.74) is 0. The number of ether oxygens (including phenoxy) is 2. The van der Waals surface area contributed by atoms with Gasteiger partial charge in [0.15, 0.2) is 6.29 Å². The summed E-state index contributed by atoms with van der Waals surface area (Å²) in [5.74, 6) is 0. The Morgan fingerprint density at radius 3 is 2.00 bits per heavy atom. The lowest BCUT2D eigenvalue weighted by molar-refractivity contribution is -0.141. The third-order valence-corrected chi connectivity index (χ3v) is 2.02. The van der Waals surface area contributed by atoms with Crippen molar-refractivity contribution in [2.45, 2.75) is 44.3 Å². The molecule has 0 aliphatic carbocycles. The second-order valence-electron chi connectivity index (χ2n) is 3.29. The highest BCUT2D eigenvalue weighted by Gasteiger charge is 2.27. The van der Waals surface area contributed by atoms with Crippen molar-refractivity contribution in [3.8, 4) is 0 Å². The van der Waals surface area contributed by atoms with Gasteiger partial charge in [0.2, 0.25) is 0 Å². The maximum Gasteiger partial charge on any atom is 0.389 e. The van der Waals surface area contributed by atoms with E-state index < -0.39 is 25.0 Å². The molecule has 0 aliphatic heterocycles. The number of halogens is 3. The second kappa shape index (κ2) is 7.03. The first-order valence-corrected chi connectivity index (χ1v) is 4.69. The molecular weight excluding hydrogens is 213 g/mol. The third-order valence-electron chi connectivity index (χ3n) is 2.02. The van der Waals surface area contributed by atoms with E-state index in [1.165, 1.54) is 14.2 Å². The van der Waals surface area contributed by atoms with Crippen molar-refractivity contribution < 1.29 is 27.8 Å². The molecule has 0 spiro atoms. The summed E-state index contributed by atoms with van der Waals surface area (Å²) in [6.45, 7) is 0. The van der Waals surface area contributed by atoms with Crippen LogP contribution < -0.4 is 0 Å². The Bertz CT molecular complexity index is 157. The maximum absolute atomic E-state index is 11.8. The monoisotopic (exact) mass is 230 g/mol. The molecule has 1 atom stereocenters. The Morgan fingerprint density at radius 2 is 1.60 bits per heavy atom. The molecule has 0 bridgehead atoms. The Labute approximate surface area is 87.2 Å². The summed E-state index contributed by atoms with van der Waals surface area (Å²) < 4.78 is 45.0. The first-order chi connectivity index (χ1) is 6.89. The number of hydrogen-bond donors (Lipinski definition) is 1. The van der Waals surface area contributed by atoms with Crippen LogP contribution >= 0.6 is 0 Å². The van der Waals surface area contributed by atoms with E-state index in [0.717, 1.165) is 0 Å². The molecule has 0 saturated carbocycles. The summed E-state index contributed by atoms with van der Waals surface area (Å²) in [6, 6.07) is 0. The van der Waals surface area contributed by atoms with Crippen molar-refractivity contribution in [1.82, 2.24) is 0 Å². The van der Waals surface area contributed by atoms with Crippen LogP contribution in [0.4, 0.5) is 13.2 Å². The molecule has 0 aliphatic rings. The van der Waals surface area contributed by atoms with E-state index in [2.05, 4.69) is 0 Å². The fraction of sp³-hybridized carbons (Fsp3) is 1.00. The first kappa shape index (κ1) is 14.7. The highest BCUT2D eigenvalue weighted by Crippen LogP contribution is 2.23. The zero-order valence-electron chi connectivity index (χ0n) is 8.88. The fourth-order valence-electron chi connectivity index (χ4n) is 1.14. The van der Waals surface area contributed by atoms with Crippen molar-refractivity contribution in [2.75, 3.05) is 14.2 Å². The number of aliphatic hydroxyl groups excluding tert-OH is 1.